The molecule has 4 heteroatoms. The zero-order chi connectivity index (χ0) is 11.0. The van der Waals surface area contributed by atoms with Crippen LogP contribution < -0.4 is 0 Å². The summed E-state index contributed by atoms with van der Waals surface area (Å²) >= 11 is 4.67. The average Bonchev–Trinajstić information content (AvgIpc) is 2.01. The molecular formula is C10H22O2S2. The molecule has 0 aromatic carbocycles. The van der Waals surface area contributed by atoms with Crippen LogP contribution in [0.25, 0.3) is 0 Å². The van der Waals surface area contributed by atoms with Gasteiger partial charge in [0.25, 0.3) is 0 Å². The Morgan fingerprint density at radius 3 is 2.00 bits per heavy atom. The second-order valence-corrected chi connectivity index (χ2v) is 11.2. The Hall–Kier alpha value is 0.620. The maximum absolute atomic E-state index is 5.83. The maximum Gasteiger partial charge on any atom is 0.122 e. The Kier molecular flexibility index (Phi) is 3.84. The zero-order valence-corrected chi connectivity index (χ0v) is 11.5. The highest BCUT2D eigenvalue weighted by molar-refractivity contribution is 8.87. The van der Waals surface area contributed by atoms with Crippen molar-refractivity contribution in [2.45, 2.75) is 32.3 Å². The van der Waals surface area contributed by atoms with Crippen LogP contribution in [0.5, 0.6) is 0 Å². The highest BCUT2D eigenvalue weighted by Crippen LogP contribution is 2.55. The lowest BCUT2D eigenvalue weighted by atomic mass is 9.89. The summed E-state index contributed by atoms with van der Waals surface area (Å²) in [5, 5.41) is 0. The minimum Gasteiger partial charge on any atom is -0.372 e. The van der Waals surface area contributed by atoms with Crippen molar-refractivity contribution in [1.29, 1.82) is 0 Å². The lowest BCUT2D eigenvalue weighted by molar-refractivity contribution is -0.143. The number of rotatable bonds is 1. The lowest BCUT2D eigenvalue weighted by Crippen LogP contribution is -2.47. The minimum atomic E-state index is -1.01. The van der Waals surface area contributed by atoms with Gasteiger partial charge in [-0.3, -0.25) is 0 Å². The van der Waals surface area contributed by atoms with Crippen molar-refractivity contribution in [1.82, 2.24) is 0 Å². The Labute approximate surface area is 93.9 Å². The Morgan fingerprint density at radius 1 is 1.14 bits per heavy atom. The summed E-state index contributed by atoms with van der Waals surface area (Å²) in [6.45, 7) is 7.99. The van der Waals surface area contributed by atoms with Crippen LogP contribution >= 0.6 is 20.7 Å². The molecule has 1 aliphatic heterocycles. The van der Waals surface area contributed by atoms with Gasteiger partial charge in [-0.25, -0.2) is 0 Å². The van der Waals surface area contributed by atoms with E-state index in [9.17, 15) is 0 Å². The van der Waals surface area contributed by atoms with Gasteiger partial charge in [0.2, 0.25) is 0 Å². The predicted molar refractivity (Wildman–Crippen MR) is 67.4 cm³/mol. The monoisotopic (exact) mass is 238 g/mol. The second kappa shape index (κ2) is 4.24. The molecule has 0 aliphatic carbocycles. The molecule has 0 amide bonds. The van der Waals surface area contributed by atoms with E-state index in [2.05, 4.69) is 44.9 Å². The molecule has 1 fully saturated rings. The van der Waals surface area contributed by atoms with Gasteiger partial charge < -0.3 is 9.47 Å². The van der Waals surface area contributed by atoms with E-state index in [1.165, 1.54) is 0 Å². The Balaban J connectivity index is 2.80. The van der Waals surface area contributed by atoms with Crippen LogP contribution in [0.1, 0.15) is 20.8 Å². The van der Waals surface area contributed by atoms with E-state index in [1.807, 2.05) is 0 Å². The standard InChI is InChI=1S/C10H22O2S2/c1-10(2,3)8-9(14(4,5)13)12-7-6-11-8/h8-9,13H,6-7H2,1-5H3. The van der Waals surface area contributed by atoms with Gasteiger partial charge >= 0.3 is 0 Å². The van der Waals surface area contributed by atoms with E-state index in [4.69, 9.17) is 9.47 Å². The zero-order valence-electron chi connectivity index (χ0n) is 9.74. The van der Waals surface area contributed by atoms with Crippen molar-refractivity contribution in [3.05, 3.63) is 0 Å². The van der Waals surface area contributed by atoms with Crippen LogP contribution in [-0.4, -0.2) is 37.3 Å². The predicted octanol–water partition coefficient (Wildman–Crippen LogP) is 2.68. The molecule has 2 unspecified atom stereocenters. The topological polar surface area (TPSA) is 18.5 Å². The van der Waals surface area contributed by atoms with Gasteiger partial charge in [-0.1, -0.05) is 20.8 Å². The van der Waals surface area contributed by atoms with Gasteiger partial charge in [-0.15, -0.1) is 11.7 Å². The molecule has 1 saturated heterocycles. The SMILES string of the molecule is CC(C)(C)C1OCCOC1S(C)(C)S. The molecule has 2 atom stereocenters. The van der Waals surface area contributed by atoms with Crippen molar-refractivity contribution in [2.24, 2.45) is 5.41 Å². The molecule has 2 nitrogen and oxygen atoms in total. The highest BCUT2D eigenvalue weighted by atomic mass is 33.1. The van der Waals surface area contributed by atoms with Crippen LogP contribution in [-0.2, 0) is 9.47 Å². The molecule has 0 bridgehead atoms. The van der Waals surface area contributed by atoms with Crippen LogP contribution in [0.4, 0.5) is 0 Å². The second-order valence-electron chi connectivity index (χ2n) is 5.25. The third kappa shape index (κ3) is 3.05. The number of hydrogen-bond acceptors (Lipinski definition) is 3. The number of hydrogen-bond donors (Lipinski definition) is 1. The Morgan fingerprint density at radius 2 is 1.64 bits per heavy atom. The molecule has 86 valence electrons. The van der Waals surface area contributed by atoms with E-state index in [-0.39, 0.29) is 17.0 Å². The normalized spacial score (nSPS) is 31.6. The summed E-state index contributed by atoms with van der Waals surface area (Å²) in [7, 11) is -1.01. The highest BCUT2D eigenvalue weighted by Gasteiger charge is 2.41. The van der Waals surface area contributed by atoms with Crippen molar-refractivity contribution < 1.29 is 9.47 Å². The van der Waals surface area contributed by atoms with Gasteiger partial charge in [-0.05, 0) is 17.9 Å². The fourth-order valence-electron chi connectivity index (χ4n) is 1.63. The summed E-state index contributed by atoms with van der Waals surface area (Å²) in [6.07, 6.45) is 4.49. The summed E-state index contributed by atoms with van der Waals surface area (Å²) in [4.78, 5) is 0. The average molecular weight is 238 g/mol. The van der Waals surface area contributed by atoms with Crippen LogP contribution in [0.15, 0.2) is 0 Å². The minimum absolute atomic E-state index is 0.123. The molecule has 0 aromatic heterocycles. The van der Waals surface area contributed by atoms with E-state index >= 15 is 0 Å². The lowest BCUT2D eigenvalue weighted by Gasteiger charge is -2.47. The van der Waals surface area contributed by atoms with Crippen molar-refractivity contribution in [2.75, 3.05) is 25.7 Å². The van der Waals surface area contributed by atoms with Crippen molar-refractivity contribution in [3.63, 3.8) is 0 Å². The summed E-state index contributed by atoms with van der Waals surface area (Å²) in [6, 6.07) is 0. The molecule has 1 heterocycles. The first-order valence-electron chi connectivity index (χ1n) is 4.91. The van der Waals surface area contributed by atoms with E-state index in [0.717, 1.165) is 0 Å². The molecule has 0 N–H and O–H groups in total. The fraction of sp³-hybridized carbons (Fsp3) is 1.00. The third-order valence-electron chi connectivity index (χ3n) is 2.33. The quantitative estimate of drug-likeness (QED) is 0.559. The van der Waals surface area contributed by atoms with E-state index in [0.29, 0.717) is 13.2 Å². The van der Waals surface area contributed by atoms with Crippen molar-refractivity contribution in [3.8, 4) is 0 Å². The summed E-state index contributed by atoms with van der Waals surface area (Å²) < 4.78 is 11.6. The summed E-state index contributed by atoms with van der Waals surface area (Å²) in [5.41, 5.74) is 0.275. The molecule has 0 aromatic rings. The first kappa shape index (κ1) is 12.7. The third-order valence-corrected chi connectivity index (χ3v) is 4.48. The number of ether oxygens (including phenoxy) is 2. The van der Waals surface area contributed by atoms with Crippen molar-refractivity contribution >= 4 is 20.7 Å². The van der Waals surface area contributed by atoms with Crippen LogP contribution in [0.2, 0.25) is 0 Å². The largest absolute Gasteiger partial charge is 0.372 e. The molecule has 0 spiro atoms. The molecule has 1 rings (SSSR count). The van der Waals surface area contributed by atoms with Crippen LogP contribution in [0.3, 0.4) is 0 Å². The smallest absolute Gasteiger partial charge is 0.122 e. The van der Waals surface area contributed by atoms with E-state index in [1.54, 1.807) is 0 Å². The first-order valence-corrected chi connectivity index (χ1v) is 8.47. The molecule has 0 saturated carbocycles. The molecule has 14 heavy (non-hydrogen) atoms. The molecule has 0 radical (unpaired) electrons. The van der Waals surface area contributed by atoms with Crippen LogP contribution in [0, 0.1) is 5.41 Å². The fourth-order valence-corrected chi connectivity index (χ4v) is 3.67. The Bertz CT molecular complexity index is 171. The van der Waals surface area contributed by atoms with Gasteiger partial charge in [0.15, 0.2) is 0 Å². The van der Waals surface area contributed by atoms with Gasteiger partial charge in [0.05, 0.1) is 19.3 Å². The van der Waals surface area contributed by atoms with Gasteiger partial charge in [0.1, 0.15) is 5.44 Å². The molecular weight excluding hydrogens is 216 g/mol. The first-order chi connectivity index (χ1) is 6.23. The van der Waals surface area contributed by atoms with Gasteiger partial charge in [0, 0.05) is 0 Å². The number of thiol groups is 1. The van der Waals surface area contributed by atoms with Gasteiger partial charge in [-0.2, -0.15) is 9.06 Å². The van der Waals surface area contributed by atoms with E-state index < -0.39 is 9.06 Å². The molecule has 1 aliphatic rings. The summed E-state index contributed by atoms with van der Waals surface area (Å²) in [5.74, 6) is 0. The maximum atomic E-state index is 5.83.